The maximum Gasteiger partial charge on any atom is 0.182 e. The lowest BCUT2D eigenvalue weighted by atomic mass is 10.3. The summed E-state index contributed by atoms with van der Waals surface area (Å²) in [4.78, 5) is 0.361. The van der Waals surface area contributed by atoms with Crippen molar-refractivity contribution in [2.24, 2.45) is 0 Å². The molecule has 16 heavy (non-hydrogen) atoms. The van der Waals surface area contributed by atoms with E-state index in [0.717, 1.165) is 5.57 Å². The maximum atomic E-state index is 11.9. The zero-order valence-corrected chi connectivity index (χ0v) is 10.3. The van der Waals surface area contributed by atoms with Gasteiger partial charge >= 0.3 is 0 Å². The van der Waals surface area contributed by atoms with Gasteiger partial charge in [-0.15, -0.1) is 0 Å². The van der Waals surface area contributed by atoms with Crippen molar-refractivity contribution in [1.82, 2.24) is 0 Å². The summed E-state index contributed by atoms with van der Waals surface area (Å²) in [7, 11) is -1.63. The molecule has 0 unspecified atom stereocenters. The SMILES string of the molecule is COC/C=C(\C)CS(=O)(=O)c1ccccc1. The number of methoxy groups -OCH3 is 1. The van der Waals surface area contributed by atoms with Gasteiger partial charge in [0.05, 0.1) is 17.3 Å². The first-order chi connectivity index (χ1) is 7.56. The molecule has 88 valence electrons. The zero-order valence-electron chi connectivity index (χ0n) is 9.51. The molecule has 0 bridgehead atoms. The van der Waals surface area contributed by atoms with Crippen molar-refractivity contribution in [3.63, 3.8) is 0 Å². The van der Waals surface area contributed by atoms with Gasteiger partial charge in [-0.05, 0) is 19.1 Å². The van der Waals surface area contributed by atoms with Gasteiger partial charge in [-0.1, -0.05) is 29.8 Å². The van der Waals surface area contributed by atoms with Crippen LogP contribution in [0.1, 0.15) is 6.92 Å². The molecule has 0 saturated heterocycles. The van der Waals surface area contributed by atoms with Crippen LogP contribution in [0.2, 0.25) is 0 Å². The number of sulfone groups is 1. The Bertz CT molecular complexity index is 446. The molecule has 0 heterocycles. The highest BCUT2D eigenvalue weighted by Crippen LogP contribution is 2.13. The predicted octanol–water partition coefficient (Wildman–Crippen LogP) is 2.05. The predicted molar refractivity (Wildman–Crippen MR) is 64.1 cm³/mol. The molecule has 0 atom stereocenters. The van der Waals surface area contributed by atoms with Crippen LogP contribution in [0.25, 0.3) is 0 Å². The summed E-state index contributed by atoms with van der Waals surface area (Å²) in [5.74, 6) is 0.0420. The number of hydrogen-bond acceptors (Lipinski definition) is 3. The van der Waals surface area contributed by atoms with Gasteiger partial charge in [0.15, 0.2) is 9.84 Å². The summed E-state index contributed by atoms with van der Waals surface area (Å²) in [6, 6.07) is 8.46. The van der Waals surface area contributed by atoms with E-state index in [4.69, 9.17) is 4.74 Å². The maximum absolute atomic E-state index is 11.9. The van der Waals surface area contributed by atoms with Gasteiger partial charge in [-0.3, -0.25) is 0 Å². The molecule has 0 spiro atoms. The highest BCUT2D eigenvalue weighted by molar-refractivity contribution is 7.91. The average Bonchev–Trinajstić information content (AvgIpc) is 2.27. The summed E-state index contributed by atoms with van der Waals surface area (Å²) in [5.41, 5.74) is 0.797. The molecule has 0 N–H and O–H groups in total. The van der Waals surface area contributed by atoms with Gasteiger partial charge in [0.1, 0.15) is 0 Å². The van der Waals surface area contributed by atoms with E-state index in [0.29, 0.717) is 11.5 Å². The molecular weight excluding hydrogens is 224 g/mol. The lowest BCUT2D eigenvalue weighted by molar-refractivity contribution is 0.233. The summed E-state index contributed by atoms with van der Waals surface area (Å²) >= 11 is 0. The highest BCUT2D eigenvalue weighted by atomic mass is 32.2. The van der Waals surface area contributed by atoms with E-state index >= 15 is 0 Å². The third-order valence-electron chi connectivity index (χ3n) is 2.12. The van der Waals surface area contributed by atoms with E-state index in [9.17, 15) is 8.42 Å². The van der Waals surface area contributed by atoms with Gasteiger partial charge in [-0.25, -0.2) is 8.42 Å². The van der Waals surface area contributed by atoms with Gasteiger partial charge in [0.25, 0.3) is 0 Å². The van der Waals surface area contributed by atoms with Gasteiger partial charge < -0.3 is 4.74 Å². The molecule has 0 radical (unpaired) electrons. The third kappa shape index (κ3) is 3.79. The largest absolute Gasteiger partial charge is 0.381 e. The lowest BCUT2D eigenvalue weighted by Crippen LogP contribution is -2.08. The second-order valence-corrected chi connectivity index (χ2v) is 5.57. The fraction of sp³-hybridized carbons (Fsp3) is 0.333. The Balaban J connectivity index is 2.81. The first kappa shape index (κ1) is 12.9. The Kier molecular flexibility index (Phi) is 4.71. The van der Waals surface area contributed by atoms with E-state index in [1.54, 1.807) is 50.4 Å². The van der Waals surface area contributed by atoms with Crippen LogP contribution >= 0.6 is 0 Å². The van der Waals surface area contributed by atoms with E-state index < -0.39 is 9.84 Å². The first-order valence-electron chi connectivity index (χ1n) is 4.98. The topological polar surface area (TPSA) is 43.4 Å². The second kappa shape index (κ2) is 5.82. The fourth-order valence-electron chi connectivity index (χ4n) is 1.30. The standard InChI is InChI=1S/C12H16O3S/c1-11(8-9-15-2)10-16(13,14)12-6-4-3-5-7-12/h3-8H,9-10H2,1-2H3/b11-8+. The molecule has 0 amide bonds. The van der Waals surface area contributed by atoms with E-state index in [2.05, 4.69) is 0 Å². The van der Waals surface area contributed by atoms with Crippen LogP contribution in [0.15, 0.2) is 46.9 Å². The molecule has 1 rings (SSSR count). The van der Waals surface area contributed by atoms with Crippen LogP contribution in [0.3, 0.4) is 0 Å². The molecule has 1 aromatic carbocycles. The summed E-state index contributed by atoms with van der Waals surface area (Å²) < 4.78 is 28.7. The number of benzene rings is 1. The van der Waals surface area contributed by atoms with Crippen LogP contribution in [0.5, 0.6) is 0 Å². The second-order valence-electron chi connectivity index (χ2n) is 3.58. The third-order valence-corrected chi connectivity index (χ3v) is 3.94. The Morgan fingerprint density at radius 3 is 2.50 bits per heavy atom. The highest BCUT2D eigenvalue weighted by Gasteiger charge is 2.13. The molecule has 0 aliphatic carbocycles. The van der Waals surface area contributed by atoms with Gasteiger partial charge in [0.2, 0.25) is 0 Å². The minimum Gasteiger partial charge on any atom is -0.381 e. The molecule has 0 fully saturated rings. The van der Waals surface area contributed by atoms with Gasteiger partial charge in [-0.2, -0.15) is 0 Å². The Hall–Kier alpha value is -1.13. The zero-order chi connectivity index (χ0) is 12.0. The molecular formula is C12H16O3S. The number of hydrogen-bond donors (Lipinski definition) is 0. The number of ether oxygens (including phenoxy) is 1. The molecule has 4 heteroatoms. The van der Waals surface area contributed by atoms with Gasteiger partial charge in [0, 0.05) is 7.11 Å². The average molecular weight is 240 g/mol. The van der Waals surface area contributed by atoms with Crippen molar-refractivity contribution in [2.45, 2.75) is 11.8 Å². The van der Waals surface area contributed by atoms with Crippen molar-refractivity contribution in [3.8, 4) is 0 Å². The van der Waals surface area contributed by atoms with E-state index in [1.807, 2.05) is 0 Å². The molecule has 0 aliphatic rings. The van der Waals surface area contributed by atoms with Crippen LogP contribution in [0.4, 0.5) is 0 Å². The van der Waals surface area contributed by atoms with Crippen LogP contribution in [-0.4, -0.2) is 27.9 Å². The first-order valence-corrected chi connectivity index (χ1v) is 6.64. The van der Waals surface area contributed by atoms with Crippen LogP contribution < -0.4 is 0 Å². The van der Waals surface area contributed by atoms with Crippen molar-refractivity contribution in [1.29, 1.82) is 0 Å². The summed E-state index contributed by atoms with van der Waals surface area (Å²) in [6.07, 6.45) is 1.78. The Morgan fingerprint density at radius 1 is 1.31 bits per heavy atom. The van der Waals surface area contributed by atoms with Crippen molar-refractivity contribution >= 4 is 9.84 Å². The Morgan fingerprint density at radius 2 is 1.94 bits per heavy atom. The Labute approximate surface area is 96.7 Å². The van der Waals surface area contributed by atoms with Crippen molar-refractivity contribution < 1.29 is 13.2 Å². The number of rotatable bonds is 5. The monoisotopic (exact) mass is 240 g/mol. The quantitative estimate of drug-likeness (QED) is 0.740. The fourth-order valence-corrected chi connectivity index (χ4v) is 2.75. The normalized spacial score (nSPS) is 12.8. The minimum absolute atomic E-state index is 0.0420. The minimum atomic E-state index is -3.21. The molecule has 0 aliphatic heterocycles. The molecule has 0 saturated carbocycles. The van der Waals surface area contributed by atoms with E-state index in [-0.39, 0.29) is 5.75 Å². The van der Waals surface area contributed by atoms with Crippen molar-refractivity contribution in [2.75, 3.05) is 19.5 Å². The lowest BCUT2D eigenvalue weighted by Gasteiger charge is -2.04. The van der Waals surface area contributed by atoms with Crippen LogP contribution in [0, 0.1) is 0 Å². The molecule has 3 nitrogen and oxygen atoms in total. The smallest absolute Gasteiger partial charge is 0.182 e. The molecule has 1 aromatic rings. The summed E-state index contributed by atoms with van der Waals surface area (Å²) in [6.45, 7) is 2.23. The van der Waals surface area contributed by atoms with E-state index in [1.165, 1.54) is 0 Å². The van der Waals surface area contributed by atoms with Crippen LogP contribution in [-0.2, 0) is 14.6 Å². The van der Waals surface area contributed by atoms with Crippen molar-refractivity contribution in [3.05, 3.63) is 42.0 Å². The molecule has 0 aromatic heterocycles. The summed E-state index contributed by atoms with van der Waals surface area (Å²) in [5, 5.41) is 0.